The summed E-state index contributed by atoms with van der Waals surface area (Å²) in [5.74, 6) is 0. The van der Waals surface area contributed by atoms with Crippen molar-refractivity contribution in [3.63, 3.8) is 0 Å². The second-order valence-corrected chi connectivity index (χ2v) is 4.43. The van der Waals surface area contributed by atoms with Crippen molar-refractivity contribution in [3.8, 4) is 0 Å². The van der Waals surface area contributed by atoms with E-state index in [9.17, 15) is 0 Å². The van der Waals surface area contributed by atoms with Gasteiger partial charge in [0.2, 0.25) is 0 Å². The highest BCUT2D eigenvalue weighted by molar-refractivity contribution is 5.92. The van der Waals surface area contributed by atoms with Gasteiger partial charge in [-0.2, -0.15) is 0 Å². The van der Waals surface area contributed by atoms with E-state index < -0.39 is 0 Å². The number of nitrogen functional groups attached to an aromatic ring is 1. The Labute approximate surface area is 96.5 Å². The maximum atomic E-state index is 6.09. The molecule has 84 valence electrons. The van der Waals surface area contributed by atoms with Crippen LogP contribution in [-0.2, 0) is 6.42 Å². The second kappa shape index (κ2) is 4.12. The van der Waals surface area contributed by atoms with Gasteiger partial charge < -0.3 is 5.73 Å². The molecule has 16 heavy (non-hydrogen) atoms. The van der Waals surface area contributed by atoms with Crippen molar-refractivity contribution >= 4 is 16.6 Å². The normalized spacial score (nSPS) is 10.9. The van der Waals surface area contributed by atoms with Crippen LogP contribution in [0.2, 0.25) is 0 Å². The lowest BCUT2D eigenvalue weighted by molar-refractivity contribution is 0.890. The van der Waals surface area contributed by atoms with Crippen LogP contribution in [0.15, 0.2) is 18.2 Å². The van der Waals surface area contributed by atoms with Gasteiger partial charge in [0.1, 0.15) is 0 Å². The van der Waals surface area contributed by atoms with Crippen LogP contribution in [0.25, 0.3) is 10.9 Å². The molecule has 0 spiro atoms. The van der Waals surface area contributed by atoms with E-state index in [0.717, 1.165) is 35.1 Å². The Morgan fingerprint density at radius 1 is 1.19 bits per heavy atom. The number of hydrogen-bond acceptors (Lipinski definition) is 2. The summed E-state index contributed by atoms with van der Waals surface area (Å²) in [5.41, 5.74) is 11.5. The second-order valence-electron chi connectivity index (χ2n) is 4.43. The van der Waals surface area contributed by atoms with Gasteiger partial charge in [-0.3, -0.25) is 4.98 Å². The van der Waals surface area contributed by atoms with Crippen LogP contribution in [0.3, 0.4) is 0 Å². The number of pyridine rings is 1. The first kappa shape index (κ1) is 10.9. The molecule has 0 aliphatic carbocycles. The van der Waals surface area contributed by atoms with Crippen molar-refractivity contribution in [1.82, 2.24) is 4.98 Å². The fourth-order valence-electron chi connectivity index (χ4n) is 2.15. The molecular formula is C14H18N2. The first-order valence-corrected chi connectivity index (χ1v) is 5.78. The van der Waals surface area contributed by atoms with Crippen molar-refractivity contribution in [2.24, 2.45) is 0 Å². The highest BCUT2D eigenvalue weighted by Crippen LogP contribution is 2.25. The first-order chi connectivity index (χ1) is 7.61. The molecule has 0 radical (unpaired) electrons. The van der Waals surface area contributed by atoms with Gasteiger partial charge in [-0.25, -0.2) is 0 Å². The molecule has 0 aliphatic rings. The molecule has 2 N–H and O–H groups in total. The van der Waals surface area contributed by atoms with E-state index in [2.05, 4.69) is 37.9 Å². The molecule has 1 aromatic heterocycles. The maximum absolute atomic E-state index is 6.09. The van der Waals surface area contributed by atoms with Gasteiger partial charge in [0.25, 0.3) is 0 Å². The van der Waals surface area contributed by atoms with Gasteiger partial charge in [-0.05, 0) is 38.0 Å². The van der Waals surface area contributed by atoms with Gasteiger partial charge in [0.15, 0.2) is 0 Å². The summed E-state index contributed by atoms with van der Waals surface area (Å²) in [5, 5.41) is 1.08. The number of hydrogen-bond donors (Lipinski definition) is 1. The molecule has 2 aromatic rings. The van der Waals surface area contributed by atoms with E-state index in [4.69, 9.17) is 5.73 Å². The molecule has 2 rings (SSSR count). The van der Waals surface area contributed by atoms with E-state index in [-0.39, 0.29) is 0 Å². The lowest BCUT2D eigenvalue weighted by Crippen LogP contribution is -1.97. The van der Waals surface area contributed by atoms with E-state index in [0.29, 0.717) is 0 Å². The van der Waals surface area contributed by atoms with Crippen LogP contribution in [0.5, 0.6) is 0 Å². The summed E-state index contributed by atoms with van der Waals surface area (Å²) in [6.07, 6.45) is 2.09. The van der Waals surface area contributed by atoms with E-state index >= 15 is 0 Å². The molecule has 0 saturated carbocycles. The lowest BCUT2D eigenvalue weighted by atomic mass is 10.0. The van der Waals surface area contributed by atoms with Crippen LogP contribution in [0.4, 0.5) is 5.69 Å². The molecule has 2 heteroatoms. The van der Waals surface area contributed by atoms with Gasteiger partial charge in [-0.15, -0.1) is 0 Å². The van der Waals surface area contributed by atoms with E-state index in [1.54, 1.807) is 0 Å². The summed E-state index contributed by atoms with van der Waals surface area (Å²) in [6, 6.07) is 6.27. The molecule has 0 amide bonds. The van der Waals surface area contributed by atoms with Crippen LogP contribution >= 0.6 is 0 Å². The summed E-state index contributed by atoms with van der Waals surface area (Å²) in [4.78, 5) is 4.69. The number of fused-ring (bicyclic) bond motifs is 1. The molecule has 0 unspecified atom stereocenters. The van der Waals surface area contributed by atoms with E-state index in [1.165, 1.54) is 11.1 Å². The lowest BCUT2D eigenvalue weighted by Gasteiger charge is -2.09. The zero-order valence-corrected chi connectivity index (χ0v) is 10.2. The topological polar surface area (TPSA) is 38.9 Å². The smallest absolute Gasteiger partial charge is 0.0755 e. The number of benzene rings is 1. The predicted molar refractivity (Wildman–Crippen MR) is 69.6 cm³/mol. The highest BCUT2D eigenvalue weighted by atomic mass is 14.7. The Balaban J connectivity index is 2.71. The number of rotatable bonds is 2. The largest absolute Gasteiger partial charge is 0.398 e. The Morgan fingerprint density at radius 3 is 2.62 bits per heavy atom. The molecule has 0 atom stereocenters. The zero-order valence-electron chi connectivity index (χ0n) is 10.2. The van der Waals surface area contributed by atoms with Crippen molar-refractivity contribution in [1.29, 1.82) is 0 Å². The average Bonchev–Trinajstić information content (AvgIpc) is 2.20. The fourth-order valence-corrected chi connectivity index (χ4v) is 2.15. The minimum atomic E-state index is 0.847. The predicted octanol–water partition coefficient (Wildman–Crippen LogP) is 3.39. The van der Waals surface area contributed by atoms with Crippen molar-refractivity contribution < 1.29 is 0 Å². The van der Waals surface area contributed by atoms with Gasteiger partial charge in [0, 0.05) is 16.8 Å². The standard InChI is InChI=1S/C14H18N2/c1-4-5-11-8-13(15)12-7-9(2)6-10(3)14(12)16-11/h6-8H,4-5H2,1-3H3,(H2,15,16). The fraction of sp³-hybridized carbons (Fsp3) is 0.357. The van der Waals surface area contributed by atoms with E-state index in [1.807, 2.05) is 6.07 Å². The minimum Gasteiger partial charge on any atom is -0.398 e. The molecule has 1 aromatic carbocycles. The molecule has 1 heterocycles. The van der Waals surface area contributed by atoms with Crippen LogP contribution in [-0.4, -0.2) is 4.98 Å². The summed E-state index contributed by atoms with van der Waals surface area (Å²) >= 11 is 0. The summed E-state index contributed by atoms with van der Waals surface area (Å²) in [6.45, 7) is 6.34. The van der Waals surface area contributed by atoms with Gasteiger partial charge >= 0.3 is 0 Å². The molecule has 0 bridgehead atoms. The molecular weight excluding hydrogens is 196 g/mol. The third-order valence-corrected chi connectivity index (χ3v) is 2.84. The summed E-state index contributed by atoms with van der Waals surface area (Å²) < 4.78 is 0. The SMILES string of the molecule is CCCc1cc(N)c2cc(C)cc(C)c2n1. The monoisotopic (exact) mass is 214 g/mol. The zero-order chi connectivity index (χ0) is 11.7. The summed E-state index contributed by atoms with van der Waals surface area (Å²) in [7, 11) is 0. The molecule has 0 aliphatic heterocycles. The minimum absolute atomic E-state index is 0.847. The Bertz CT molecular complexity index is 530. The third-order valence-electron chi connectivity index (χ3n) is 2.84. The van der Waals surface area contributed by atoms with Crippen molar-refractivity contribution in [2.45, 2.75) is 33.6 Å². The number of aromatic nitrogens is 1. The highest BCUT2D eigenvalue weighted by Gasteiger charge is 2.06. The number of nitrogens with zero attached hydrogens (tertiary/aromatic N) is 1. The number of anilines is 1. The molecule has 0 fully saturated rings. The first-order valence-electron chi connectivity index (χ1n) is 5.78. The maximum Gasteiger partial charge on any atom is 0.0755 e. The quantitative estimate of drug-likeness (QED) is 0.832. The third kappa shape index (κ3) is 1.87. The number of aryl methyl sites for hydroxylation is 3. The van der Waals surface area contributed by atoms with Crippen LogP contribution in [0.1, 0.15) is 30.2 Å². The van der Waals surface area contributed by atoms with Crippen molar-refractivity contribution in [2.75, 3.05) is 5.73 Å². The Hall–Kier alpha value is -1.57. The van der Waals surface area contributed by atoms with Crippen molar-refractivity contribution in [3.05, 3.63) is 35.0 Å². The van der Waals surface area contributed by atoms with Gasteiger partial charge in [-0.1, -0.05) is 25.0 Å². The average molecular weight is 214 g/mol. The van der Waals surface area contributed by atoms with Crippen LogP contribution < -0.4 is 5.73 Å². The molecule has 0 saturated heterocycles. The number of nitrogens with two attached hydrogens (primary N) is 1. The van der Waals surface area contributed by atoms with Gasteiger partial charge in [0.05, 0.1) is 5.52 Å². The Morgan fingerprint density at radius 2 is 1.94 bits per heavy atom. The molecule has 2 nitrogen and oxygen atoms in total. The van der Waals surface area contributed by atoms with Crippen LogP contribution in [0, 0.1) is 13.8 Å². The Kier molecular flexibility index (Phi) is 2.82.